The van der Waals surface area contributed by atoms with Crippen LogP contribution in [0.25, 0.3) is 0 Å². The molecule has 0 aliphatic carbocycles. The van der Waals surface area contributed by atoms with Gasteiger partial charge in [-0.1, -0.05) is 45.1 Å². The van der Waals surface area contributed by atoms with E-state index in [0.717, 1.165) is 6.42 Å². The summed E-state index contributed by atoms with van der Waals surface area (Å²) < 4.78 is 27.0. The Kier molecular flexibility index (Phi) is 5.06. The van der Waals surface area contributed by atoms with Crippen LogP contribution in [-0.2, 0) is 10.0 Å². The highest BCUT2D eigenvalue weighted by Gasteiger charge is 2.21. The van der Waals surface area contributed by atoms with E-state index in [4.69, 9.17) is 18.0 Å². The first-order valence-electron chi connectivity index (χ1n) is 6.07. The molecule has 3 N–H and O–H groups in total. The summed E-state index contributed by atoms with van der Waals surface area (Å²) in [7, 11) is -3.52. The van der Waals surface area contributed by atoms with Crippen LogP contribution in [0, 0.1) is 5.41 Å². The summed E-state index contributed by atoms with van der Waals surface area (Å²) in [5.74, 6) is 0. The SMILES string of the molecule is CCC(C)(C)CNS(=O)(=O)c1cccc(C(N)=S)c1. The number of hydrogen-bond acceptors (Lipinski definition) is 3. The maximum atomic E-state index is 12.2. The van der Waals surface area contributed by atoms with Crippen molar-refractivity contribution in [1.82, 2.24) is 4.72 Å². The second kappa shape index (κ2) is 5.98. The van der Waals surface area contributed by atoms with Crippen molar-refractivity contribution in [2.75, 3.05) is 6.54 Å². The zero-order valence-corrected chi connectivity index (χ0v) is 13.1. The van der Waals surface area contributed by atoms with Crippen LogP contribution in [-0.4, -0.2) is 20.0 Å². The van der Waals surface area contributed by atoms with Crippen molar-refractivity contribution in [3.05, 3.63) is 29.8 Å². The maximum absolute atomic E-state index is 12.2. The molecule has 0 bridgehead atoms. The van der Waals surface area contributed by atoms with E-state index in [0.29, 0.717) is 12.1 Å². The standard InChI is InChI=1S/C13H20N2O2S2/c1-4-13(2,3)9-15-19(16,17)11-7-5-6-10(8-11)12(14)18/h5-8,15H,4,9H2,1-3H3,(H2,14,18). The van der Waals surface area contributed by atoms with Crippen LogP contribution in [0.1, 0.15) is 32.8 Å². The van der Waals surface area contributed by atoms with E-state index in [1.807, 2.05) is 20.8 Å². The average Bonchev–Trinajstić information content (AvgIpc) is 2.37. The molecule has 0 unspecified atom stereocenters. The van der Waals surface area contributed by atoms with Gasteiger partial charge in [-0.3, -0.25) is 0 Å². The molecule has 1 aromatic carbocycles. The monoisotopic (exact) mass is 300 g/mol. The molecule has 0 aromatic heterocycles. The fourth-order valence-corrected chi connectivity index (χ4v) is 2.73. The van der Waals surface area contributed by atoms with Crippen LogP contribution in [0.5, 0.6) is 0 Å². The van der Waals surface area contributed by atoms with Crippen molar-refractivity contribution in [2.24, 2.45) is 11.1 Å². The minimum Gasteiger partial charge on any atom is -0.389 e. The van der Waals surface area contributed by atoms with Gasteiger partial charge in [-0.25, -0.2) is 13.1 Å². The van der Waals surface area contributed by atoms with Crippen LogP contribution in [0.4, 0.5) is 0 Å². The van der Waals surface area contributed by atoms with Crippen LogP contribution >= 0.6 is 12.2 Å². The van der Waals surface area contributed by atoms with Gasteiger partial charge in [0.25, 0.3) is 0 Å². The fourth-order valence-electron chi connectivity index (χ4n) is 1.32. The summed E-state index contributed by atoms with van der Waals surface area (Å²) >= 11 is 4.85. The minimum atomic E-state index is -3.52. The van der Waals surface area contributed by atoms with Crippen molar-refractivity contribution < 1.29 is 8.42 Å². The first kappa shape index (κ1) is 16.1. The molecule has 1 aromatic rings. The van der Waals surface area contributed by atoms with E-state index in [-0.39, 0.29) is 15.3 Å². The largest absolute Gasteiger partial charge is 0.389 e. The molecule has 0 saturated heterocycles. The number of nitrogens with one attached hydrogen (secondary N) is 1. The van der Waals surface area contributed by atoms with Gasteiger partial charge in [-0.15, -0.1) is 0 Å². The number of nitrogens with two attached hydrogens (primary N) is 1. The maximum Gasteiger partial charge on any atom is 0.240 e. The molecule has 0 fully saturated rings. The van der Waals surface area contributed by atoms with Crippen molar-refractivity contribution in [1.29, 1.82) is 0 Å². The first-order valence-corrected chi connectivity index (χ1v) is 7.96. The van der Waals surface area contributed by atoms with E-state index in [9.17, 15) is 8.42 Å². The quantitative estimate of drug-likeness (QED) is 0.789. The molecule has 106 valence electrons. The molecular formula is C13H20N2O2S2. The summed E-state index contributed by atoms with van der Waals surface area (Å²) in [6, 6.07) is 6.35. The van der Waals surface area contributed by atoms with Gasteiger partial charge in [0.1, 0.15) is 4.99 Å². The second-order valence-electron chi connectivity index (χ2n) is 5.23. The number of hydrogen-bond donors (Lipinski definition) is 2. The van der Waals surface area contributed by atoms with Crippen LogP contribution < -0.4 is 10.5 Å². The lowest BCUT2D eigenvalue weighted by molar-refractivity contribution is 0.350. The van der Waals surface area contributed by atoms with Crippen LogP contribution in [0.2, 0.25) is 0 Å². The zero-order chi connectivity index (χ0) is 14.7. The molecule has 0 radical (unpaired) electrons. The Morgan fingerprint density at radius 1 is 1.42 bits per heavy atom. The Morgan fingerprint density at radius 2 is 2.05 bits per heavy atom. The fraction of sp³-hybridized carbons (Fsp3) is 0.462. The number of rotatable bonds is 6. The van der Waals surface area contributed by atoms with Gasteiger partial charge in [0, 0.05) is 12.1 Å². The van der Waals surface area contributed by atoms with E-state index in [1.165, 1.54) is 12.1 Å². The normalized spacial score (nSPS) is 12.4. The average molecular weight is 300 g/mol. The van der Waals surface area contributed by atoms with Gasteiger partial charge in [0.15, 0.2) is 0 Å². The Balaban J connectivity index is 2.95. The summed E-state index contributed by atoms with van der Waals surface area (Å²) in [4.78, 5) is 0.371. The Hall–Kier alpha value is -0.980. The van der Waals surface area contributed by atoms with E-state index in [2.05, 4.69) is 4.72 Å². The second-order valence-corrected chi connectivity index (χ2v) is 7.44. The number of sulfonamides is 1. The molecule has 0 saturated carbocycles. The Labute approximate surface area is 120 Å². The van der Waals surface area contributed by atoms with Crippen molar-refractivity contribution in [2.45, 2.75) is 32.1 Å². The molecule has 1 rings (SSSR count). The summed E-state index contributed by atoms with van der Waals surface area (Å²) in [6.07, 6.45) is 0.891. The third kappa shape index (κ3) is 4.56. The molecule has 19 heavy (non-hydrogen) atoms. The Bertz CT molecular complexity index is 566. The van der Waals surface area contributed by atoms with Gasteiger partial charge >= 0.3 is 0 Å². The molecule has 0 heterocycles. The molecule has 0 aliphatic heterocycles. The first-order chi connectivity index (χ1) is 8.68. The smallest absolute Gasteiger partial charge is 0.240 e. The predicted octanol–water partition coefficient (Wildman–Crippen LogP) is 2.04. The summed E-state index contributed by atoms with van der Waals surface area (Å²) in [5.41, 5.74) is 5.98. The third-order valence-electron chi connectivity index (χ3n) is 3.13. The van der Waals surface area contributed by atoms with Crippen LogP contribution in [0.15, 0.2) is 29.2 Å². The molecule has 0 amide bonds. The summed E-state index contributed by atoms with van der Waals surface area (Å²) in [6.45, 7) is 6.45. The topological polar surface area (TPSA) is 72.2 Å². The highest BCUT2D eigenvalue weighted by Crippen LogP contribution is 2.19. The minimum absolute atomic E-state index is 0.0755. The molecule has 6 heteroatoms. The molecule has 0 atom stereocenters. The third-order valence-corrected chi connectivity index (χ3v) is 4.76. The number of thiocarbonyl (C=S) groups is 1. The van der Waals surface area contributed by atoms with E-state index >= 15 is 0 Å². The van der Waals surface area contributed by atoms with Crippen molar-refractivity contribution >= 4 is 27.2 Å². The van der Waals surface area contributed by atoms with Gasteiger partial charge < -0.3 is 5.73 Å². The lowest BCUT2D eigenvalue weighted by Crippen LogP contribution is -2.33. The van der Waals surface area contributed by atoms with Gasteiger partial charge in [-0.2, -0.15) is 0 Å². The number of benzene rings is 1. The highest BCUT2D eigenvalue weighted by molar-refractivity contribution is 7.89. The Morgan fingerprint density at radius 3 is 2.58 bits per heavy atom. The molecular weight excluding hydrogens is 280 g/mol. The highest BCUT2D eigenvalue weighted by atomic mass is 32.2. The summed E-state index contributed by atoms with van der Waals surface area (Å²) in [5, 5.41) is 0. The van der Waals surface area contributed by atoms with Crippen molar-refractivity contribution in [3.63, 3.8) is 0 Å². The lowest BCUT2D eigenvalue weighted by Gasteiger charge is -2.22. The molecule has 0 spiro atoms. The van der Waals surface area contributed by atoms with Crippen LogP contribution in [0.3, 0.4) is 0 Å². The van der Waals surface area contributed by atoms with Crippen molar-refractivity contribution in [3.8, 4) is 0 Å². The van der Waals surface area contributed by atoms with Gasteiger partial charge in [0.2, 0.25) is 10.0 Å². The lowest BCUT2D eigenvalue weighted by atomic mass is 9.91. The predicted molar refractivity (Wildman–Crippen MR) is 81.6 cm³/mol. The molecule has 4 nitrogen and oxygen atoms in total. The molecule has 0 aliphatic rings. The zero-order valence-electron chi connectivity index (χ0n) is 11.4. The van der Waals surface area contributed by atoms with Gasteiger partial charge in [-0.05, 0) is 24.0 Å². The van der Waals surface area contributed by atoms with Gasteiger partial charge in [0.05, 0.1) is 4.90 Å². The van der Waals surface area contributed by atoms with E-state index < -0.39 is 10.0 Å². The van der Waals surface area contributed by atoms with E-state index in [1.54, 1.807) is 12.1 Å².